The van der Waals surface area contributed by atoms with Crippen LogP contribution in [0.5, 0.6) is 0 Å². The predicted molar refractivity (Wildman–Crippen MR) is 108 cm³/mol. The van der Waals surface area contributed by atoms with Crippen LogP contribution in [0.4, 0.5) is 4.39 Å². The van der Waals surface area contributed by atoms with Gasteiger partial charge in [-0.15, -0.1) is 0 Å². The lowest BCUT2D eigenvalue weighted by Gasteiger charge is -2.37. The fourth-order valence-corrected chi connectivity index (χ4v) is 4.81. The average molecular weight is 384 g/mol. The van der Waals surface area contributed by atoms with Gasteiger partial charge in [-0.2, -0.15) is 0 Å². The van der Waals surface area contributed by atoms with Crippen molar-refractivity contribution in [3.05, 3.63) is 58.1 Å². The second kappa shape index (κ2) is 6.98. The fourth-order valence-electron chi connectivity index (χ4n) is 4.81. The first-order valence-corrected chi connectivity index (χ1v) is 9.84. The Bertz CT molecular complexity index is 833. The number of hydrogen-bond acceptors (Lipinski definition) is 3. The van der Waals surface area contributed by atoms with E-state index in [1.807, 2.05) is 20.8 Å². The first kappa shape index (κ1) is 20.5. The minimum atomic E-state index is -0.646. The largest absolute Gasteiger partial charge is 0.512 e. The van der Waals surface area contributed by atoms with E-state index in [1.54, 1.807) is 12.1 Å². The molecule has 1 aromatic carbocycles. The normalized spacial score (nSPS) is 23.2. The summed E-state index contributed by atoms with van der Waals surface area (Å²) in [6, 6.07) is 5.90. The standard InChI is InChI=1S/C24H29FO3/c1-14-10-23(2,3)11-17(26)20(14)21(15-6-8-16(25)9-7-15)22-18(27)12-24(4,5)13-19(22)28/h6-9,21,27H,10-13H2,1-5H3/t21-/m1/s1. The SMILES string of the molecule is CC1=C([C@H](C2=C(O)CC(C)(C)CC2=O)c2ccc(F)cc2)C(=O)CC(C)(C)C1. The number of aliphatic hydroxyl groups is 1. The predicted octanol–water partition coefficient (Wildman–Crippen LogP) is 5.82. The summed E-state index contributed by atoms with van der Waals surface area (Å²) >= 11 is 0. The molecule has 0 saturated heterocycles. The molecular weight excluding hydrogens is 355 g/mol. The van der Waals surface area contributed by atoms with E-state index in [4.69, 9.17) is 0 Å². The molecule has 28 heavy (non-hydrogen) atoms. The average Bonchev–Trinajstić information content (AvgIpc) is 2.50. The van der Waals surface area contributed by atoms with Gasteiger partial charge in [0, 0.05) is 36.3 Å². The number of benzene rings is 1. The molecule has 0 amide bonds. The van der Waals surface area contributed by atoms with E-state index in [-0.39, 0.29) is 34.0 Å². The third-order valence-corrected chi connectivity index (χ3v) is 5.82. The van der Waals surface area contributed by atoms with Crippen LogP contribution in [0.1, 0.15) is 71.8 Å². The van der Waals surface area contributed by atoms with Gasteiger partial charge in [-0.3, -0.25) is 9.59 Å². The number of allylic oxidation sites excluding steroid dienone is 4. The minimum Gasteiger partial charge on any atom is -0.512 e. The monoisotopic (exact) mass is 384 g/mol. The number of carbonyl (C=O) groups excluding carboxylic acids is 2. The molecule has 150 valence electrons. The van der Waals surface area contributed by atoms with Crippen LogP contribution in [-0.4, -0.2) is 16.7 Å². The first-order valence-electron chi connectivity index (χ1n) is 9.84. The number of aliphatic hydroxyl groups excluding tert-OH is 1. The van der Waals surface area contributed by atoms with Crippen LogP contribution < -0.4 is 0 Å². The van der Waals surface area contributed by atoms with Gasteiger partial charge in [0.15, 0.2) is 11.6 Å². The molecule has 1 N–H and O–H groups in total. The van der Waals surface area contributed by atoms with Gasteiger partial charge in [0.25, 0.3) is 0 Å². The molecule has 1 aromatic rings. The molecule has 0 aromatic heterocycles. The highest BCUT2D eigenvalue weighted by atomic mass is 19.1. The highest BCUT2D eigenvalue weighted by Crippen LogP contribution is 2.48. The number of Topliss-reactive ketones (excluding diaryl/α,β-unsaturated/α-hetero) is 2. The molecule has 0 radical (unpaired) electrons. The van der Waals surface area contributed by atoms with E-state index in [2.05, 4.69) is 13.8 Å². The van der Waals surface area contributed by atoms with Gasteiger partial charge >= 0.3 is 0 Å². The lowest BCUT2D eigenvalue weighted by atomic mass is 9.65. The summed E-state index contributed by atoms with van der Waals surface area (Å²) in [6.45, 7) is 9.94. The molecule has 2 aliphatic rings. The number of hydrogen-bond donors (Lipinski definition) is 1. The van der Waals surface area contributed by atoms with Crippen molar-refractivity contribution in [3.8, 4) is 0 Å². The molecule has 1 atom stereocenters. The molecule has 0 saturated carbocycles. The van der Waals surface area contributed by atoms with Crippen molar-refractivity contribution in [2.45, 2.75) is 66.2 Å². The minimum absolute atomic E-state index is 0.000934. The van der Waals surface area contributed by atoms with Gasteiger partial charge in [-0.25, -0.2) is 4.39 Å². The Kier molecular flexibility index (Phi) is 5.11. The van der Waals surface area contributed by atoms with E-state index in [0.29, 0.717) is 36.0 Å². The van der Waals surface area contributed by atoms with Crippen LogP contribution in [0.25, 0.3) is 0 Å². The summed E-state index contributed by atoms with van der Waals surface area (Å²) in [5.74, 6) is -1.11. The van der Waals surface area contributed by atoms with E-state index < -0.39 is 5.92 Å². The van der Waals surface area contributed by atoms with Gasteiger partial charge in [0.1, 0.15) is 11.6 Å². The van der Waals surface area contributed by atoms with Crippen molar-refractivity contribution in [1.82, 2.24) is 0 Å². The Hall–Kier alpha value is -2.23. The van der Waals surface area contributed by atoms with Crippen molar-refractivity contribution in [2.24, 2.45) is 10.8 Å². The maximum atomic E-state index is 13.5. The third-order valence-electron chi connectivity index (χ3n) is 5.82. The zero-order chi connectivity index (χ0) is 20.9. The summed E-state index contributed by atoms with van der Waals surface area (Å²) in [7, 11) is 0. The maximum absolute atomic E-state index is 13.5. The van der Waals surface area contributed by atoms with Crippen LogP contribution in [0.2, 0.25) is 0 Å². The molecule has 0 spiro atoms. The number of ketones is 2. The van der Waals surface area contributed by atoms with E-state index >= 15 is 0 Å². The van der Waals surface area contributed by atoms with Gasteiger partial charge in [0.2, 0.25) is 0 Å². The van der Waals surface area contributed by atoms with Crippen molar-refractivity contribution < 1.29 is 19.1 Å². The molecule has 3 rings (SSSR count). The third kappa shape index (κ3) is 3.96. The smallest absolute Gasteiger partial charge is 0.163 e. The Morgan fingerprint density at radius 2 is 1.36 bits per heavy atom. The first-order chi connectivity index (χ1) is 12.9. The maximum Gasteiger partial charge on any atom is 0.163 e. The molecule has 4 heteroatoms. The van der Waals surface area contributed by atoms with Crippen LogP contribution in [0, 0.1) is 16.6 Å². The summed E-state index contributed by atoms with van der Waals surface area (Å²) in [6.07, 6.45) is 1.85. The molecule has 0 unspecified atom stereocenters. The summed E-state index contributed by atoms with van der Waals surface area (Å²) in [4.78, 5) is 26.2. The second-order valence-corrected chi connectivity index (χ2v) is 9.92. The molecule has 0 heterocycles. The zero-order valence-electron chi connectivity index (χ0n) is 17.4. The van der Waals surface area contributed by atoms with E-state index in [9.17, 15) is 19.1 Å². The number of rotatable bonds is 3. The second-order valence-electron chi connectivity index (χ2n) is 9.92. The van der Waals surface area contributed by atoms with Gasteiger partial charge < -0.3 is 5.11 Å². The van der Waals surface area contributed by atoms with Gasteiger partial charge in [-0.05, 0) is 41.9 Å². The van der Waals surface area contributed by atoms with E-state index in [0.717, 1.165) is 12.0 Å². The summed E-state index contributed by atoms with van der Waals surface area (Å²) < 4.78 is 13.5. The topological polar surface area (TPSA) is 54.4 Å². The Morgan fingerprint density at radius 3 is 1.86 bits per heavy atom. The Balaban J connectivity index is 2.22. The fraction of sp³-hybridized carbons (Fsp3) is 0.500. The highest BCUT2D eigenvalue weighted by molar-refractivity contribution is 6.05. The van der Waals surface area contributed by atoms with Gasteiger partial charge in [-0.1, -0.05) is 45.4 Å². The lowest BCUT2D eigenvalue weighted by molar-refractivity contribution is -0.119. The summed E-state index contributed by atoms with van der Waals surface area (Å²) in [5, 5.41) is 10.8. The van der Waals surface area contributed by atoms with E-state index in [1.165, 1.54) is 12.1 Å². The Morgan fingerprint density at radius 1 is 0.857 bits per heavy atom. The molecule has 0 aliphatic heterocycles. The van der Waals surface area contributed by atoms with Gasteiger partial charge in [0.05, 0.1) is 0 Å². The summed E-state index contributed by atoms with van der Waals surface area (Å²) in [5.41, 5.74) is 2.04. The molecule has 0 bridgehead atoms. The lowest BCUT2D eigenvalue weighted by Crippen LogP contribution is -2.33. The highest BCUT2D eigenvalue weighted by Gasteiger charge is 2.42. The quantitative estimate of drug-likeness (QED) is 0.715. The Labute approximate surface area is 166 Å². The van der Waals surface area contributed by atoms with Crippen LogP contribution in [-0.2, 0) is 9.59 Å². The number of carbonyl (C=O) groups is 2. The number of halogens is 1. The van der Waals surface area contributed by atoms with Crippen molar-refractivity contribution in [1.29, 1.82) is 0 Å². The molecule has 2 aliphatic carbocycles. The molecular formula is C24H29FO3. The van der Waals surface area contributed by atoms with Crippen molar-refractivity contribution >= 4 is 11.6 Å². The van der Waals surface area contributed by atoms with Crippen LogP contribution >= 0.6 is 0 Å². The zero-order valence-corrected chi connectivity index (χ0v) is 17.4. The van der Waals surface area contributed by atoms with Crippen LogP contribution in [0.15, 0.2) is 46.7 Å². The van der Waals surface area contributed by atoms with Crippen molar-refractivity contribution in [2.75, 3.05) is 0 Å². The van der Waals surface area contributed by atoms with Crippen LogP contribution in [0.3, 0.4) is 0 Å². The molecule has 0 fully saturated rings. The van der Waals surface area contributed by atoms with Crippen molar-refractivity contribution in [3.63, 3.8) is 0 Å². The molecule has 3 nitrogen and oxygen atoms in total.